The summed E-state index contributed by atoms with van der Waals surface area (Å²) in [5, 5.41) is 18.6. The number of nitrogens with one attached hydrogen (secondary N) is 1. The number of phenols is 1. The summed E-state index contributed by atoms with van der Waals surface area (Å²) in [7, 11) is 3.27. The lowest BCUT2D eigenvalue weighted by Gasteiger charge is -2.18. The first-order valence-electron chi connectivity index (χ1n) is 9.64. The molecule has 6 heteroatoms. The van der Waals surface area contributed by atoms with Gasteiger partial charge in [-0.2, -0.15) is 5.10 Å². The van der Waals surface area contributed by atoms with Crippen molar-refractivity contribution >= 4 is 22.5 Å². The van der Waals surface area contributed by atoms with Crippen LogP contribution in [0.1, 0.15) is 27.2 Å². The van der Waals surface area contributed by atoms with E-state index in [2.05, 4.69) is 35.3 Å². The number of phenolic OH excluding ortho intramolecular Hbond substituents is 1. The van der Waals surface area contributed by atoms with Crippen molar-refractivity contribution in [1.29, 1.82) is 0 Å². The number of amides is 1. The molecule has 3 aromatic carbocycles. The minimum atomic E-state index is -0.303. The molecule has 4 aromatic rings. The van der Waals surface area contributed by atoms with Crippen molar-refractivity contribution in [3.63, 3.8) is 0 Å². The molecule has 0 aliphatic carbocycles. The van der Waals surface area contributed by atoms with Crippen LogP contribution in [0.3, 0.4) is 0 Å². The van der Waals surface area contributed by atoms with Gasteiger partial charge in [-0.15, -0.1) is 0 Å². The number of aryl methyl sites for hydroxylation is 1. The van der Waals surface area contributed by atoms with Gasteiger partial charge in [0.25, 0.3) is 5.91 Å². The van der Waals surface area contributed by atoms with E-state index in [4.69, 9.17) is 4.74 Å². The highest BCUT2D eigenvalue weighted by Gasteiger charge is 2.20. The molecular formula is C24H23N3O3. The monoisotopic (exact) mass is 401 g/mol. The summed E-state index contributed by atoms with van der Waals surface area (Å²) in [5.74, 6) is 0.312. The first-order chi connectivity index (χ1) is 14.5. The van der Waals surface area contributed by atoms with E-state index in [0.717, 1.165) is 16.6 Å². The maximum Gasteiger partial charge on any atom is 0.261 e. The van der Waals surface area contributed by atoms with E-state index in [1.807, 2.05) is 6.07 Å². The number of aromatic amines is 1. The third-order valence-electron chi connectivity index (χ3n) is 5.21. The molecule has 4 rings (SSSR count). The van der Waals surface area contributed by atoms with Crippen molar-refractivity contribution in [2.75, 3.05) is 19.1 Å². The zero-order valence-corrected chi connectivity index (χ0v) is 17.1. The number of ether oxygens (including phenoxy) is 1. The highest BCUT2D eigenvalue weighted by atomic mass is 16.5. The van der Waals surface area contributed by atoms with Crippen molar-refractivity contribution < 1.29 is 14.6 Å². The number of fused-ring (bicyclic) bond motifs is 1. The van der Waals surface area contributed by atoms with Crippen LogP contribution < -0.4 is 9.64 Å². The molecule has 0 fully saturated rings. The molecule has 0 saturated heterocycles. The number of hydrogen-bond acceptors (Lipinski definition) is 4. The lowest BCUT2D eigenvalue weighted by atomic mass is 10.0. The summed E-state index contributed by atoms with van der Waals surface area (Å²) in [4.78, 5) is 14.6. The van der Waals surface area contributed by atoms with E-state index in [1.54, 1.807) is 44.5 Å². The van der Waals surface area contributed by atoms with Gasteiger partial charge in [0.05, 0.1) is 18.2 Å². The molecule has 0 unspecified atom stereocenters. The topological polar surface area (TPSA) is 78.5 Å². The van der Waals surface area contributed by atoms with Gasteiger partial charge < -0.3 is 14.7 Å². The molecule has 1 amide bonds. The molecule has 0 aliphatic rings. The predicted octanol–water partition coefficient (Wildman–Crippen LogP) is 4.45. The number of benzene rings is 3. The van der Waals surface area contributed by atoms with Crippen molar-refractivity contribution in [3.8, 4) is 11.5 Å². The Hall–Kier alpha value is -3.80. The van der Waals surface area contributed by atoms with Gasteiger partial charge in [-0.25, -0.2) is 0 Å². The standard InChI is InChI=1S/C24H23N3O3/c1-15-5-4-6-16(11-15)12-21-19-13-20(23(28)14-22(19)26-25-21)24(29)27(2)17-7-9-18(30-3)10-8-17/h4-11,13-14,28H,12H2,1-3H3,(H,25,26). The number of aromatic hydroxyl groups is 1. The van der Waals surface area contributed by atoms with Crippen molar-refractivity contribution in [1.82, 2.24) is 10.2 Å². The average molecular weight is 401 g/mol. The second kappa shape index (κ2) is 7.91. The SMILES string of the molecule is COc1ccc(N(C)C(=O)c2cc3c(Cc4cccc(C)c4)[nH]nc3cc2O)cc1. The Balaban J connectivity index is 1.68. The fourth-order valence-electron chi connectivity index (χ4n) is 3.54. The van der Waals surface area contributed by atoms with Gasteiger partial charge in [-0.05, 0) is 42.8 Å². The molecule has 0 atom stereocenters. The van der Waals surface area contributed by atoms with Crippen molar-refractivity contribution in [2.45, 2.75) is 13.3 Å². The van der Waals surface area contributed by atoms with Gasteiger partial charge in [0.15, 0.2) is 0 Å². The quantitative estimate of drug-likeness (QED) is 0.518. The summed E-state index contributed by atoms with van der Waals surface area (Å²) < 4.78 is 5.17. The Morgan fingerprint density at radius 2 is 1.90 bits per heavy atom. The number of carbonyl (C=O) groups excluding carboxylic acids is 1. The van der Waals surface area contributed by atoms with Gasteiger partial charge >= 0.3 is 0 Å². The average Bonchev–Trinajstić information content (AvgIpc) is 3.13. The summed E-state index contributed by atoms with van der Waals surface area (Å²) in [5.41, 5.74) is 4.79. The number of anilines is 1. The van der Waals surface area contributed by atoms with Crippen LogP contribution in [-0.4, -0.2) is 35.4 Å². The molecule has 0 bridgehead atoms. The first-order valence-corrected chi connectivity index (χ1v) is 9.64. The number of H-pyrrole nitrogens is 1. The molecule has 0 saturated carbocycles. The lowest BCUT2D eigenvalue weighted by Crippen LogP contribution is -2.26. The molecule has 0 spiro atoms. The molecule has 1 heterocycles. The van der Waals surface area contributed by atoms with Crippen LogP contribution in [-0.2, 0) is 6.42 Å². The van der Waals surface area contributed by atoms with Gasteiger partial charge in [0.1, 0.15) is 11.5 Å². The van der Waals surface area contributed by atoms with Crippen LogP contribution in [0, 0.1) is 6.92 Å². The van der Waals surface area contributed by atoms with Crippen molar-refractivity contribution in [3.05, 3.63) is 83.0 Å². The fraction of sp³-hybridized carbons (Fsp3) is 0.167. The highest BCUT2D eigenvalue weighted by molar-refractivity contribution is 6.09. The number of carbonyl (C=O) groups is 1. The van der Waals surface area contributed by atoms with Crippen LogP contribution in [0.4, 0.5) is 5.69 Å². The predicted molar refractivity (Wildman–Crippen MR) is 117 cm³/mol. The van der Waals surface area contributed by atoms with Crippen LogP contribution in [0.15, 0.2) is 60.7 Å². The van der Waals surface area contributed by atoms with Crippen LogP contribution in [0.2, 0.25) is 0 Å². The van der Waals surface area contributed by atoms with Gasteiger partial charge in [-0.3, -0.25) is 9.89 Å². The Labute approximate surface area is 174 Å². The van der Waals surface area contributed by atoms with E-state index in [-0.39, 0.29) is 17.2 Å². The zero-order valence-electron chi connectivity index (χ0n) is 17.1. The molecule has 6 nitrogen and oxygen atoms in total. The minimum Gasteiger partial charge on any atom is -0.507 e. The van der Waals surface area contributed by atoms with Gasteiger partial charge in [0.2, 0.25) is 0 Å². The van der Waals surface area contributed by atoms with Crippen LogP contribution in [0.25, 0.3) is 10.9 Å². The highest BCUT2D eigenvalue weighted by Crippen LogP contribution is 2.29. The molecule has 1 aromatic heterocycles. The Bertz CT molecular complexity index is 1210. The molecule has 30 heavy (non-hydrogen) atoms. The molecule has 152 valence electrons. The maximum absolute atomic E-state index is 13.1. The largest absolute Gasteiger partial charge is 0.507 e. The lowest BCUT2D eigenvalue weighted by molar-refractivity contribution is 0.0990. The normalized spacial score (nSPS) is 10.9. The zero-order chi connectivity index (χ0) is 21.3. The van der Waals surface area contributed by atoms with E-state index < -0.39 is 0 Å². The molecule has 0 radical (unpaired) electrons. The third kappa shape index (κ3) is 3.72. The van der Waals surface area contributed by atoms with E-state index in [1.165, 1.54) is 16.5 Å². The number of rotatable bonds is 5. The molecule has 2 N–H and O–H groups in total. The second-order valence-electron chi connectivity index (χ2n) is 7.32. The molecular weight excluding hydrogens is 378 g/mol. The summed E-state index contributed by atoms with van der Waals surface area (Å²) >= 11 is 0. The van der Waals surface area contributed by atoms with E-state index in [9.17, 15) is 9.90 Å². The summed E-state index contributed by atoms with van der Waals surface area (Å²) in [6.45, 7) is 2.05. The number of methoxy groups -OCH3 is 1. The van der Waals surface area contributed by atoms with Gasteiger partial charge in [0, 0.05) is 36.3 Å². The van der Waals surface area contributed by atoms with E-state index >= 15 is 0 Å². The number of hydrogen-bond donors (Lipinski definition) is 2. The molecule has 0 aliphatic heterocycles. The van der Waals surface area contributed by atoms with Crippen LogP contribution in [0.5, 0.6) is 11.5 Å². The van der Waals surface area contributed by atoms with Gasteiger partial charge in [-0.1, -0.05) is 29.8 Å². The van der Waals surface area contributed by atoms with E-state index in [0.29, 0.717) is 23.4 Å². The first kappa shape index (κ1) is 19.5. The Morgan fingerprint density at radius 3 is 2.60 bits per heavy atom. The van der Waals surface area contributed by atoms with Crippen molar-refractivity contribution in [2.24, 2.45) is 0 Å². The Morgan fingerprint density at radius 1 is 1.13 bits per heavy atom. The van der Waals surface area contributed by atoms with Crippen LogP contribution >= 0.6 is 0 Å². The summed E-state index contributed by atoms with van der Waals surface area (Å²) in [6, 6.07) is 18.7. The fourth-order valence-corrected chi connectivity index (χ4v) is 3.54. The number of nitrogens with zero attached hydrogens (tertiary/aromatic N) is 2. The number of aromatic nitrogens is 2. The minimum absolute atomic E-state index is 0.0959. The Kier molecular flexibility index (Phi) is 5.14. The summed E-state index contributed by atoms with van der Waals surface area (Å²) in [6.07, 6.45) is 0.658. The second-order valence-corrected chi connectivity index (χ2v) is 7.32. The maximum atomic E-state index is 13.1. The third-order valence-corrected chi connectivity index (χ3v) is 5.21. The smallest absolute Gasteiger partial charge is 0.261 e.